The lowest BCUT2D eigenvalue weighted by Gasteiger charge is -2.01. The number of esters is 1. The maximum atomic E-state index is 12.6. The van der Waals surface area contributed by atoms with Gasteiger partial charge in [-0.2, -0.15) is 0 Å². The number of amides is 1. The molecule has 4 aromatic rings. The van der Waals surface area contributed by atoms with Gasteiger partial charge in [-0.1, -0.05) is 47.7 Å². The van der Waals surface area contributed by atoms with Gasteiger partial charge in [-0.05, 0) is 19.1 Å². The van der Waals surface area contributed by atoms with Gasteiger partial charge < -0.3 is 10.1 Å². The van der Waals surface area contributed by atoms with E-state index >= 15 is 0 Å². The summed E-state index contributed by atoms with van der Waals surface area (Å²) in [6.07, 6.45) is 1.80. The highest BCUT2D eigenvalue weighted by atomic mass is 32.1. The molecule has 1 aromatic carbocycles. The Balaban J connectivity index is 1.51. The second kappa shape index (κ2) is 9.59. The first-order valence-electron chi connectivity index (χ1n) is 9.53. The first-order valence-corrected chi connectivity index (χ1v) is 11.2. The Morgan fingerprint density at radius 1 is 1.06 bits per heavy atom. The molecule has 0 radical (unpaired) electrons. The molecule has 31 heavy (non-hydrogen) atoms. The van der Waals surface area contributed by atoms with Crippen molar-refractivity contribution in [2.24, 2.45) is 0 Å². The zero-order chi connectivity index (χ0) is 21.6. The Labute approximate surface area is 186 Å². The van der Waals surface area contributed by atoms with Crippen LogP contribution >= 0.6 is 22.7 Å². The third-order valence-corrected chi connectivity index (χ3v) is 6.02. The molecule has 0 aliphatic heterocycles. The van der Waals surface area contributed by atoms with Crippen molar-refractivity contribution in [1.82, 2.24) is 15.0 Å². The number of ether oxygens (including phenoxy) is 1. The lowest BCUT2D eigenvalue weighted by Crippen LogP contribution is -2.14. The van der Waals surface area contributed by atoms with Gasteiger partial charge in [0.05, 0.1) is 30.1 Å². The van der Waals surface area contributed by atoms with Crippen LogP contribution in [0.3, 0.4) is 0 Å². The van der Waals surface area contributed by atoms with Crippen LogP contribution in [0.2, 0.25) is 0 Å². The van der Waals surface area contributed by atoms with Crippen molar-refractivity contribution < 1.29 is 14.3 Å². The average molecular weight is 451 g/mol. The van der Waals surface area contributed by atoms with Gasteiger partial charge in [-0.15, -0.1) is 11.3 Å². The second-order valence-electron chi connectivity index (χ2n) is 6.37. The van der Waals surface area contributed by atoms with Crippen molar-refractivity contribution in [3.63, 3.8) is 0 Å². The average Bonchev–Trinajstić information content (AvgIpc) is 3.42. The maximum Gasteiger partial charge on any atom is 0.350 e. The van der Waals surface area contributed by atoms with Crippen LogP contribution in [-0.2, 0) is 16.0 Å². The first-order chi connectivity index (χ1) is 15.1. The van der Waals surface area contributed by atoms with Crippen LogP contribution in [0.4, 0.5) is 5.13 Å². The molecule has 7 nitrogen and oxygen atoms in total. The van der Waals surface area contributed by atoms with Crippen molar-refractivity contribution in [2.45, 2.75) is 13.3 Å². The summed E-state index contributed by atoms with van der Waals surface area (Å²) in [6.45, 7) is 2.01. The molecule has 0 atom stereocenters. The Hall–Kier alpha value is -3.43. The molecule has 0 aliphatic carbocycles. The third kappa shape index (κ3) is 5.01. The lowest BCUT2D eigenvalue weighted by molar-refractivity contribution is -0.115. The highest BCUT2D eigenvalue weighted by molar-refractivity contribution is 7.18. The molecule has 3 heterocycles. The topological polar surface area (TPSA) is 94.1 Å². The van der Waals surface area contributed by atoms with Crippen LogP contribution in [0.1, 0.15) is 22.3 Å². The highest BCUT2D eigenvalue weighted by Gasteiger charge is 2.21. The predicted molar refractivity (Wildman–Crippen MR) is 121 cm³/mol. The summed E-state index contributed by atoms with van der Waals surface area (Å²) in [5, 5.41) is 5.71. The number of carbonyl (C=O) groups is 2. The molecule has 0 spiro atoms. The van der Waals surface area contributed by atoms with E-state index in [9.17, 15) is 9.59 Å². The zero-order valence-corrected chi connectivity index (χ0v) is 18.2. The Morgan fingerprint density at radius 2 is 1.87 bits per heavy atom. The van der Waals surface area contributed by atoms with E-state index in [2.05, 4.69) is 20.3 Å². The number of rotatable bonds is 7. The summed E-state index contributed by atoms with van der Waals surface area (Å²) in [5.74, 6) is -0.722. The lowest BCUT2D eigenvalue weighted by atomic mass is 10.1. The number of nitrogens with one attached hydrogen (secondary N) is 1. The number of aromatic nitrogens is 3. The molecule has 0 fully saturated rings. The van der Waals surface area contributed by atoms with Crippen molar-refractivity contribution in [3.05, 3.63) is 70.7 Å². The third-order valence-electron chi connectivity index (χ3n) is 4.16. The quantitative estimate of drug-likeness (QED) is 0.411. The summed E-state index contributed by atoms with van der Waals surface area (Å²) in [7, 11) is 0. The van der Waals surface area contributed by atoms with Crippen molar-refractivity contribution in [3.8, 4) is 22.0 Å². The predicted octanol–water partition coefficient (Wildman–Crippen LogP) is 4.69. The van der Waals surface area contributed by atoms with E-state index in [1.165, 1.54) is 11.3 Å². The molecule has 156 valence electrons. The number of anilines is 1. The standard InChI is InChI=1S/C22H18N4O3S2/c1-2-29-21(28)19-18(14-8-4-3-5-9-14)26-22(31-19)25-17(27)12-15-13-30-20(24-15)16-10-6-7-11-23-16/h3-11,13H,2,12H2,1H3,(H,25,26,27). The molecule has 9 heteroatoms. The van der Waals surface area contributed by atoms with Gasteiger partial charge in [0.1, 0.15) is 9.88 Å². The minimum absolute atomic E-state index is 0.0956. The summed E-state index contributed by atoms with van der Waals surface area (Å²) in [6, 6.07) is 14.9. The van der Waals surface area contributed by atoms with E-state index in [0.717, 1.165) is 27.6 Å². The monoisotopic (exact) mass is 450 g/mol. The van der Waals surface area contributed by atoms with E-state index in [1.54, 1.807) is 13.1 Å². The van der Waals surface area contributed by atoms with Gasteiger partial charge >= 0.3 is 5.97 Å². The summed E-state index contributed by atoms with van der Waals surface area (Å²) in [4.78, 5) is 38.6. The highest BCUT2D eigenvalue weighted by Crippen LogP contribution is 2.32. The Kier molecular flexibility index (Phi) is 6.44. The molecule has 1 amide bonds. The number of hydrogen-bond acceptors (Lipinski definition) is 8. The fraction of sp³-hybridized carbons (Fsp3) is 0.136. The van der Waals surface area contributed by atoms with Gasteiger partial charge in [0.25, 0.3) is 0 Å². The number of thiazole rings is 2. The van der Waals surface area contributed by atoms with Crippen LogP contribution in [0, 0.1) is 0 Å². The molecule has 0 bridgehead atoms. The van der Waals surface area contributed by atoms with Crippen LogP contribution in [-0.4, -0.2) is 33.4 Å². The zero-order valence-electron chi connectivity index (χ0n) is 16.6. The van der Waals surface area contributed by atoms with E-state index in [4.69, 9.17) is 4.74 Å². The van der Waals surface area contributed by atoms with Gasteiger partial charge in [-0.25, -0.2) is 14.8 Å². The van der Waals surface area contributed by atoms with E-state index in [-0.39, 0.29) is 18.9 Å². The molecule has 4 rings (SSSR count). The van der Waals surface area contributed by atoms with Gasteiger partial charge in [-0.3, -0.25) is 9.78 Å². The minimum atomic E-state index is -0.459. The van der Waals surface area contributed by atoms with Gasteiger partial charge in [0.2, 0.25) is 5.91 Å². The van der Waals surface area contributed by atoms with Gasteiger partial charge in [0, 0.05) is 17.1 Å². The van der Waals surface area contributed by atoms with E-state index in [0.29, 0.717) is 21.4 Å². The molecule has 3 aromatic heterocycles. The molecule has 0 saturated heterocycles. The number of benzene rings is 1. The SMILES string of the molecule is CCOC(=O)c1sc(NC(=O)Cc2csc(-c3ccccn3)n2)nc1-c1ccccc1. The van der Waals surface area contributed by atoms with Crippen LogP contribution in [0.15, 0.2) is 60.1 Å². The molecule has 0 aliphatic rings. The Morgan fingerprint density at radius 3 is 2.61 bits per heavy atom. The van der Waals surface area contributed by atoms with Crippen LogP contribution in [0.25, 0.3) is 22.0 Å². The molecule has 0 unspecified atom stereocenters. The number of pyridine rings is 1. The fourth-order valence-corrected chi connectivity index (χ4v) is 4.52. The molecule has 1 N–H and O–H groups in total. The normalized spacial score (nSPS) is 10.6. The summed E-state index contributed by atoms with van der Waals surface area (Å²) in [5.41, 5.74) is 2.69. The summed E-state index contributed by atoms with van der Waals surface area (Å²) < 4.78 is 5.15. The number of carbonyl (C=O) groups excluding carboxylic acids is 2. The Bertz CT molecular complexity index is 1190. The van der Waals surface area contributed by atoms with Crippen molar-refractivity contribution >= 4 is 39.7 Å². The smallest absolute Gasteiger partial charge is 0.350 e. The van der Waals surface area contributed by atoms with Crippen LogP contribution < -0.4 is 5.32 Å². The maximum absolute atomic E-state index is 12.6. The summed E-state index contributed by atoms with van der Waals surface area (Å²) >= 11 is 2.53. The fourth-order valence-electron chi connectivity index (χ4n) is 2.82. The second-order valence-corrected chi connectivity index (χ2v) is 8.22. The molecular formula is C22H18N4O3S2. The largest absolute Gasteiger partial charge is 0.462 e. The molecule has 0 saturated carbocycles. The van der Waals surface area contributed by atoms with Crippen molar-refractivity contribution in [2.75, 3.05) is 11.9 Å². The van der Waals surface area contributed by atoms with Crippen molar-refractivity contribution in [1.29, 1.82) is 0 Å². The van der Waals surface area contributed by atoms with E-state index in [1.807, 2.05) is 53.9 Å². The van der Waals surface area contributed by atoms with Gasteiger partial charge in [0.15, 0.2) is 5.13 Å². The minimum Gasteiger partial charge on any atom is -0.462 e. The number of hydrogen-bond donors (Lipinski definition) is 1. The molecular weight excluding hydrogens is 432 g/mol. The van der Waals surface area contributed by atoms with Crippen LogP contribution in [0.5, 0.6) is 0 Å². The first kappa shape index (κ1) is 20.8. The van der Waals surface area contributed by atoms with E-state index < -0.39 is 5.97 Å². The number of nitrogens with zero attached hydrogens (tertiary/aromatic N) is 3.